The molecule has 0 aliphatic heterocycles. The van der Waals surface area contributed by atoms with Crippen LogP contribution in [0.2, 0.25) is 41.3 Å². The van der Waals surface area contributed by atoms with Gasteiger partial charge in [0, 0.05) is 36.7 Å². The Kier molecular flexibility index (Phi) is 16.8. The summed E-state index contributed by atoms with van der Waals surface area (Å²) in [6, 6.07) is 24.7. The van der Waals surface area contributed by atoms with Crippen molar-refractivity contribution in [1.82, 2.24) is 0 Å². The van der Waals surface area contributed by atoms with Gasteiger partial charge in [-0.3, -0.25) is 4.79 Å². The zero-order valence-corrected chi connectivity index (χ0v) is 38.4. The lowest BCUT2D eigenvalue weighted by atomic mass is 9.81. The average Bonchev–Trinajstić information content (AvgIpc) is 3.07. The topological polar surface area (TPSA) is 65.0 Å². The number of carbonyl (C=O) groups excluding carboxylic acids is 1. The van der Waals surface area contributed by atoms with E-state index in [0.717, 1.165) is 18.1 Å². The Morgan fingerprint density at radius 1 is 0.686 bits per heavy atom. The molecule has 51 heavy (non-hydrogen) atoms. The summed E-state index contributed by atoms with van der Waals surface area (Å²) in [6.45, 7) is 36.3. The predicted molar refractivity (Wildman–Crippen MR) is 226 cm³/mol. The van der Waals surface area contributed by atoms with Crippen LogP contribution < -0.4 is 10.4 Å². The Morgan fingerprint density at radius 2 is 1.14 bits per heavy atom. The highest BCUT2D eigenvalue weighted by Gasteiger charge is 2.52. The average molecular weight is 757 g/mol. The Hall–Kier alpha value is -1.40. The smallest absolute Gasteiger partial charge is 0.261 e. The summed E-state index contributed by atoms with van der Waals surface area (Å²) in [5.41, 5.74) is 0. The molecule has 2 rings (SSSR count). The summed E-state index contributed by atoms with van der Waals surface area (Å²) in [6.07, 6.45) is -1.09. The molecule has 0 aromatic heterocycles. The molecule has 0 fully saturated rings. The molecule has 0 bridgehead atoms. The monoisotopic (exact) mass is 757 g/mol. The standard InChI is InChI=1S/C43H76O5Si3/c1-17-50(18-2,19-3)48-41(34(7)39(45)30-38(44)32(4)5)35(8)40(47-49(15,16)42(9,10)11)33(6)31-46-51(43(12,13)14,36-26-22-20-23-27-36)37-28-24-21-25-29-37/h20-29,32-35,39-41,45H,17-19,30-31H2,1-16H3/t33-,34+,35+,39?,40+,41-/m1/s1. The normalized spacial score (nSPS) is 17.1. The largest absolute Gasteiger partial charge is 0.413 e. The number of aliphatic hydroxyl groups is 1. The highest BCUT2D eigenvalue weighted by atomic mass is 28.4. The number of ketones is 1. The van der Waals surface area contributed by atoms with E-state index in [-0.39, 0.29) is 58.2 Å². The first-order valence-electron chi connectivity index (χ1n) is 19.9. The van der Waals surface area contributed by atoms with Gasteiger partial charge in [-0.25, -0.2) is 0 Å². The molecule has 5 nitrogen and oxygen atoms in total. The lowest BCUT2D eigenvalue weighted by Crippen LogP contribution is -2.67. The number of rotatable bonds is 20. The fraction of sp³-hybridized carbons (Fsp3) is 0.698. The second kappa shape index (κ2) is 18.8. The molecule has 0 saturated heterocycles. The first-order valence-corrected chi connectivity index (χ1v) is 27.2. The van der Waals surface area contributed by atoms with Gasteiger partial charge >= 0.3 is 0 Å². The predicted octanol–water partition coefficient (Wildman–Crippen LogP) is 10.2. The molecule has 2 aromatic rings. The third-order valence-corrected chi connectivity index (χ3v) is 26.4. The van der Waals surface area contributed by atoms with Crippen molar-refractivity contribution in [2.24, 2.45) is 23.7 Å². The van der Waals surface area contributed by atoms with Crippen molar-refractivity contribution < 1.29 is 23.2 Å². The van der Waals surface area contributed by atoms with Gasteiger partial charge in [0.2, 0.25) is 0 Å². The molecule has 0 aliphatic rings. The van der Waals surface area contributed by atoms with Crippen LogP contribution >= 0.6 is 0 Å². The maximum atomic E-state index is 12.9. The van der Waals surface area contributed by atoms with Crippen LogP contribution in [0, 0.1) is 23.7 Å². The first-order chi connectivity index (χ1) is 23.5. The minimum atomic E-state index is -2.79. The van der Waals surface area contributed by atoms with Crippen molar-refractivity contribution in [3.8, 4) is 0 Å². The lowest BCUT2D eigenvalue weighted by Gasteiger charge is -2.48. The highest BCUT2D eigenvalue weighted by molar-refractivity contribution is 6.99. The van der Waals surface area contributed by atoms with E-state index in [0.29, 0.717) is 6.61 Å². The maximum Gasteiger partial charge on any atom is 0.261 e. The molecule has 6 atom stereocenters. The Morgan fingerprint density at radius 3 is 1.51 bits per heavy atom. The SMILES string of the molecule is CC[Si](CC)(CC)O[C@@H]([C@@H](C)[C@@H](O[Si](C)(C)C(C)(C)C)[C@H](C)CO[Si](c1ccccc1)(c1ccccc1)C(C)(C)C)[C@@H](C)C(O)CC(=O)C(C)C. The van der Waals surface area contributed by atoms with Crippen LogP contribution in [0.4, 0.5) is 0 Å². The van der Waals surface area contributed by atoms with Gasteiger partial charge < -0.3 is 18.4 Å². The second-order valence-electron chi connectivity index (χ2n) is 18.2. The molecule has 0 radical (unpaired) electrons. The van der Waals surface area contributed by atoms with Crippen molar-refractivity contribution in [1.29, 1.82) is 0 Å². The van der Waals surface area contributed by atoms with Crippen molar-refractivity contribution >= 4 is 41.1 Å². The van der Waals surface area contributed by atoms with E-state index in [2.05, 4.69) is 157 Å². The molecule has 1 N–H and O–H groups in total. The minimum Gasteiger partial charge on any atom is -0.413 e. The molecule has 0 amide bonds. The summed E-state index contributed by atoms with van der Waals surface area (Å²) >= 11 is 0. The number of carbonyl (C=O) groups is 1. The zero-order valence-electron chi connectivity index (χ0n) is 35.4. The Labute approximate surface area is 317 Å². The van der Waals surface area contributed by atoms with Crippen LogP contribution in [-0.4, -0.2) is 60.8 Å². The third kappa shape index (κ3) is 11.1. The minimum absolute atomic E-state index is 0.00345. The van der Waals surface area contributed by atoms with Crippen LogP contribution in [0.3, 0.4) is 0 Å². The van der Waals surface area contributed by atoms with Crippen LogP contribution in [0.5, 0.6) is 0 Å². The van der Waals surface area contributed by atoms with Crippen molar-refractivity contribution in [3.05, 3.63) is 60.7 Å². The summed E-state index contributed by atoms with van der Waals surface area (Å²) in [5, 5.41) is 14.1. The fourth-order valence-electron chi connectivity index (χ4n) is 7.39. The summed E-state index contributed by atoms with van der Waals surface area (Å²) < 4.78 is 22.4. The van der Waals surface area contributed by atoms with Crippen LogP contribution in [0.15, 0.2) is 60.7 Å². The van der Waals surface area contributed by atoms with Gasteiger partial charge in [-0.2, -0.15) is 0 Å². The zero-order chi connectivity index (χ0) is 39.0. The van der Waals surface area contributed by atoms with Gasteiger partial charge in [-0.15, -0.1) is 0 Å². The Bertz CT molecular complexity index is 1270. The number of hydrogen-bond donors (Lipinski definition) is 1. The summed E-state index contributed by atoms with van der Waals surface area (Å²) in [4.78, 5) is 12.9. The van der Waals surface area contributed by atoms with Crippen LogP contribution in [-0.2, 0) is 18.1 Å². The first kappa shape index (κ1) is 45.8. The number of aliphatic hydroxyl groups excluding tert-OH is 1. The molecular formula is C43H76O5Si3. The molecule has 2 aromatic carbocycles. The van der Waals surface area contributed by atoms with Gasteiger partial charge in [-0.05, 0) is 51.7 Å². The van der Waals surface area contributed by atoms with Gasteiger partial charge in [0.1, 0.15) is 5.78 Å². The quantitative estimate of drug-likeness (QED) is 0.136. The number of hydrogen-bond acceptors (Lipinski definition) is 5. The van der Waals surface area contributed by atoms with Gasteiger partial charge in [0.25, 0.3) is 8.32 Å². The number of Topliss-reactive ketones (excluding diaryl/α,β-unsaturated/α-hetero) is 1. The second-order valence-corrected chi connectivity index (χ2v) is 32.0. The van der Waals surface area contributed by atoms with Gasteiger partial charge in [0.05, 0.1) is 18.3 Å². The molecule has 8 heteroatoms. The highest BCUT2D eigenvalue weighted by Crippen LogP contribution is 2.43. The third-order valence-electron chi connectivity index (χ3n) is 12.3. The molecule has 0 heterocycles. The molecule has 0 spiro atoms. The maximum absolute atomic E-state index is 12.9. The fourth-order valence-corrected chi connectivity index (χ4v) is 16.5. The Balaban J connectivity index is 2.74. The van der Waals surface area contributed by atoms with E-state index in [9.17, 15) is 9.90 Å². The molecular weight excluding hydrogens is 681 g/mol. The van der Waals surface area contributed by atoms with E-state index < -0.39 is 31.1 Å². The van der Waals surface area contributed by atoms with E-state index in [4.69, 9.17) is 13.3 Å². The van der Waals surface area contributed by atoms with E-state index >= 15 is 0 Å². The van der Waals surface area contributed by atoms with Crippen molar-refractivity contribution in [2.75, 3.05) is 6.61 Å². The van der Waals surface area contributed by atoms with E-state index in [1.165, 1.54) is 10.4 Å². The van der Waals surface area contributed by atoms with Gasteiger partial charge in [-0.1, -0.05) is 158 Å². The van der Waals surface area contributed by atoms with E-state index in [1.807, 2.05) is 13.8 Å². The summed E-state index contributed by atoms with van der Waals surface area (Å²) in [7, 11) is -7.17. The molecule has 290 valence electrons. The lowest BCUT2D eigenvalue weighted by molar-refractivity contribution is -0.125. The van der Waals surface area contributed by atoms with Crippen LogP contribution in [0.1, 0.15) is 103 Å². The van der Waals surface area contributed by atoms with E-state index in [1.54, 1.807) is 0 Å². The number of benzene rings is 2. The summed E-state index contributed by atoms with van der Waals surface area (Å²) in [5.74, 6) is -0.287. The van der Waals surface area contributed by atoms with Gasteiger partial charge in [0.15, 0.2) is 16.6 Å². The molecule has 0 aliphatic carbocycles. The van der Waals surface area contributed by atoms with Crippen LogP contribution in [0.25, 0.3) is 0 Å². The molecule has 0 saturated carbocycles. The van der Waals surface area contributed by atoms with Crippen molar-refractivity contribution in [2.45, 2.75) is 163 Å². The molecule has 1 unspecified atom stereocenters. The van der Waals surface area contributed by atoms with Crippen molar-refractivity contribution in [3.63, 3.8) is 0 Å².